The third-order valence-electron chi connectivity index (χ3n) is 3.63. The Hall–Kier alpha value is -3.89. The van der Waals surface area contributed by atoms with E-state index in [0.29, 0.717) is 6.07 Å². The largest absolute Gasteiger partial charge is 0.465 e. The van der Waals surface area contributed by atoms with Gasteiger partial charge in [0.25, 0.3) is 11.6 Å². The molecule has 9 nitrogen and oxygen atoms in total. The minimum absolute atomic E-state index is 0.265. The van der Waals surface area contributed by atoms with Crippen LogP contribution in [0.1, 0.15) is 27.6 Å². The Labute approximate surface area is 162 Å². The molecule has 0 heterocycles. The summed E-state index contributed by atoms with van der Waals surface area (Å²) in [6, 6.07) is 5.25. The van der Waals surface area contributed by atoms with E-state index in [0.717, 1.165) is 37.4 Å². The zero-order valence-electron chi connectivity index (χ0n) is 15.1. The number of non-ortho nitro benzene ring substituents is 1. The van der Waals surface area contributed by atoms with Gasteiger partial charge in [-0.25, -0.2) is 18.4 Å². The number of nitrogens with zero attached hydrogens (tertiary/aromatic N) is 1. The summed E-state index contributed by atoms with van der Waals surface area (Å²) in [5, 5.41) is 13.1. The Morgan fingerprint density at radius 3 is 2.24 bits per heavy atom. The van der Waals surface area contributed by atoms with E-state index in [-0.39, 0.29) is 16.8 Å². The summed E-state index contributed by atoms with van der Waals surface area (Å²) in [6.45, 7) is 1.17. The Morgan fingerprint density at radius 2 is 1.69 bits per heavy atom. The van der Waals surface area contributed by atoms with E-state index >= 15 is 0 Å². The molecule has 29 heavy (non-hydrogen) atoms. The van der Waals surface area contributed by atoms with Gasteiger partial charge in [-0.2, -0.15) is 0 Å². The summed E-state index contributed by atoms with van der Waals surface area (Å²) in [6.07, 6.45) is -1.44. The lowest BCUT2D eigenvalue weighted by atomic mass is 10.1. The summed E-state index contributed by atoms with van der Waals surface area (Å²) in [5.74, 6) is -4.85. The zero-order valence-corrected chi connectivity index (χ0v) is 15.1. The Bertz CT molecular complexity index is 994. The Balaban J connectivity index is 2.17. The monoisotopic (exact) mass is 408 g/mol. The lowest BCUT2D eigenvalue weighted by Crippen LogP contribution is -2.30. The van der Waals surface area contributed by atoms with Crippen LogP contribution in [0.2, 0.25) is 0 Å². The molecule has 2 rings (SSSR count). The first-order valence-electron chi connectivity index (χ1n) is 7.97. The number of rotatable bonds is 6. The number of amides is 1. The molecule has 0 aliphatic carbocycles. The van der Waals surface area contributed by atoms with Crippen LogP contribution in [-0.4, -0.2) is 36.0 Å². The number of nitro benzene ring substituents is 1. The summed E-state index contributed by atoms with van der Waals surface area (Å²) < 4.78 is 35.9. The number of nitrogens with one attached hydrogen (secondary N) is 1. The highest BCUT2D eigenvalue weighted by molar-refractivity contribution is 5.99. The van der Waals surface area contributed by atoms with Gasteiger partial charge in [-0.1, -0.05) is 0 Å². The maximum absolute atomic E-state index is 13.6. The number of hydrogen-bond donors (Lipinski definition) is 1. The Morgan fingerprint density at radius 1 is 1.07 bits per heavy atom. The zero-order chi connectivity index (χ0) is 21.7. The van der Waals surface area contributed by atoms with E-state index in [9.17, 15) is 33.3 Å². The number of carbonyl (C=O) groups excluding carboxylic acids is 3. The van der Waals surface area contributed by atoms with Crippen molar-refractivity contribution in [3.8, 4) is 0 Å². The predicted octanol–water partition coefficient (Wildman–Crippen LogP) is 2.84. The second kappa shape index (κ2) is 8.87. The lowest BCUT2D eigenvalue weighted by molar-refractivity contribution is -0.384. The second-order valence-electron chi connectivity index (χ2n) is 5.68. The van der Waals surface area contributed by atoms with Crippen molar-refractivity contribution in [1.82, 2.24) is 0 Å². The average molecular weight is 408 g/mol. The summed E-state index contributed by atoms with van der Waals surface area (Å²) in [5.41, 5.74) is -1.53. The van der Waals surface area contributed by atoms with Crippen LogP contribution in [-0.2, 0) is 14.3 Å². The number of esters is 2. The first kappa shape index (κ1) is 21.4. The van der Waals surface area contributed by atoms with E-state index in [1.165, 1.54) is 6.92 Å². The first-order chi connectivity index (χ1) is 13.6. The van der Waals surface area contributed by atoms with E-state index in [1.807, 2.05) is 0 Å². The third kappa shape index (κ3) is 5.31. The smallest absolute Gasteiger partial charge is 0.339 e. The van der Waals surface area contributed by atoms with Crippen molar-refractivity contribution < 1.29 is 37.6 Å². The summed E-state index contributed by atoms with van der Waals surface area (Å²) in [7, 11) is 1.06. The predicted molar refractivity (Wildman–Crippen MR) is 94.3 cm³/mol. The highest BCUT2D eigenvalue weighted by Crippen LogP contribution is 2.20. The van der Waals surface area contributed by atoms with Gasteiger partial charge >= 0.3 is 11.9 Å². The van der Waals surface area contributed by atoms with Crippen LogP contribution in [0.25, 0.3) is 0 Å². The highest BCUT2D eigenvalue weighted by atomic mass is 19.1. The molecule has 0 radical (unpaired) electrons. The topological polar surface area (TPSA) is 125 Å². The quantitative estimate of drug-likeness (QED) is 0.443. The van der Waals surface area contributed by atoms with Crippen LogP contribution < -0.4 is 5.32 Å². The molecule has 0 saturated carbocycles. The van der Waals surface area contributed by atoms with Crippen molar-refractivity contribution in [1.29, 1.82) is 0 Å². The number of hydrogen-bond acceptors (Lipinski definition) is 7. The molecule has 152 valence electrons. The Kier molecular flexibility index (Phi) is 6.55. The van der Waals surface area contributed by atoms with E-state index in [4.69, 9.17) is 4.74 Å². The van der Waals surface area contributed by atoms with Gasteiger partial charge in [-0.15, -0.1) is 0 Å². The molecule has 1 N–H and O–H groups in total. The van der Waals surface area contributed by atoms with E-state index in [2.05, 4.69) is 10.1 Å². The summed E-state index contributed by atoms with van der Waals surface area (Å²) in [4.78, 5) is 46.2. The fraction of sp³-hybridized carbons (Fsp3) is 0.167. The molecular weight excluding hydrogens is 394 g/mol. The first-order valence-corrected chi connectivity index (χ1v) is 7.97. The molecule has 2 aromatic rings. The second-order valence-corrected chi connectivity index (χ2v) is 5.68. The normalized spacial score (nSPS) is 11.3. The van der Waals surface area contributed by atoms with Gasteiger partial charge < -0.3 is 14.8 Å². The molecule has 1 amide bonds. The van der Waals surface area contributed by atoms with Crippen LogP contribution in [0.5, 0.6) is 0 Å². The van der Waals surface area contributed by atoms with Gasteiger partial charge in [0.05, 0.1) is 28.8 Å². The molecule has 11 heteroatoms. The van der Waals surface area contributed by atoms with Gasteiger partial charge in [-0.3, -0.25) is 14.9 Å². The van der Waals surface area contributed by atoms with Gasteiger partial charge in [0, 0.05) is 18.2 Å². The van der Waals surface area contributed by atoms with Crippen molar-refractivity contribution in [2.45, 2.75) is 13.0 Å². The van der Waals surface area contributed by atoms with Gasteiger partial charge in [0.1, 0.15) is 11.6 Å². The van der Waals surface area contributed by atoms with E-state index in [1.54, 1.807) is 0 Å². The molecule has 0 fully saturated rings. The minimum atomic E-state index is -1.44. The molecule has 1 unspecified atom stereocenters. The minimum Gasteiger partial charge on any atom is -0.465 e. The van der Waals surface area contributed by atoms with Crippen LogP contribution in [0.3, 0.4) is 0 Å². The van der Waals surface area contributed by atoms with Crippen molar-refractivity contribution in [3.05, 3.63) is 69.3 Å². The number of methoxy groups -OCH3 is 1. The SMILES string of the molecule is COC(=O)c1cc(C(=O)OC(C)C(=O)Nc2ccc(F)cc2F)cc([N+](=O)[O-])c1. The van der Waals surface area contributed by atoms with Crippen LogP contribution in [0.4, 0.5) is 20.2 Å². The van der Waals surface area contributed by atoms with Gasteiger partial charge in [0.15, 0.2) is 6.10 Å². The lowest BCUT2D eigenvalue weighted by Gasteiger charge is -2.14. The standard InChI is InChI=1S/C18H14F2N2O7/c1-9(16(23)21-15-4-3-12(19)8-14(15)20)29-18(25)11-5-10(17(24)28-2)6-13(7-11)22(26)27/h3-9H,1-2H3,(H,21,23). The van der Waals surface area contributed by atoms with Crippen molar-refractivity contribution in [2.24, 2.45) is 0 Å². The number of anilines is 1. The van der Waals surface area contributed by atoms with Crippen molar-refractivity contribution in [2.75, 3.05) is 12.4 Å². The fourth-order valence-electron chi connectivity index (χ4n) is 2.18. The maximum atomic E-state index is 13.6. The van der Waals surface area contributed by atoms with Crippen LogP contribution >= 0.6 is 0 Å². The molecule has 0 bridgehead atoms. The number of ether oxygens (including phenoxy) is 2. The molecule has 2 aromatic carbocycles. The molecular formula is C18H14F2N2O7. The number of nitro groups is 1. The summed E-state index contributed by atoms with van der Waals surface area (Å²) >= 11 is 0. The molecule has 0 aliphatic rings. The molecule has 1 atom stereocenters. The van der Waals surface area contributed by atoms with Crippen LogP contribution in [0.15, 0.2) is 36.4 Å². The highest BCUT2D eigenvalue weighted by Gasteiger charge is 2.23. The third-order valence-corrected chi connectivity index (χ3v) is 3.63. The van der Waals surface area contributed by atoms with E-state index < -0.39 is 46.2 Å². The molecule has 0 saturated heterocycles. The fourth-order valence-corrected chi connectivity index (χ4v) is 2.18. The molecule has 0 aliphatic heterocycles. The van der Waals surface area contributed by atoms with Crippen molar-refractivity contribution in [3.63, 3.8) is 0 Å². The number of halogens is 2. The van der Waals surface area contributed by atoms with Gasteiger partial charge in [0.2, 0.25) is 0 Å². The molecule has 0 aromatic heterocycles. The number of benzene rings is 2. The maximum Gasteiger partial charge on any atom is 0.339 e. The average Bonchev–Trinajstić information content (AvgIpc) is 2.68. The number of carbonyl (C=O) groups is 3. The van der Waals surface area contributed by atoms with Gasteiger partial charge in [-0.05, 0) is 25.1 Å². The molecule has 0 spiro atoms. The van der Waals surface area contributed by atoms with Crippen LogP contribution in [0, 0.1) is 21.7 Å². The van der Waals surface area contributed by atoms with Crippen molar-refractivity contribution >= 4 is 29.2 Å².